The summed E-state index contributed by atoms with van der Waals surface area (Å²) in [6.07, 6.45) is 6.33. The Balaban J connectivity index is 0.000000212. The van der Waals surface area contributed by atoms with Gasteiger partial charge in [-0.05, 0) is 105 Å². The molecule has 3 heteroatoms. The molecule has 12 rings (SSSR count). The van der Waals surface area contributed by atoms with E-state index in [9.17, 15) is 0 Å². The van der Waals surface area contributed by atoms with Crippen LogP contribution in [0.15, 0.2) is 125 Å². The van der Waals surface area contributed by atoms with Crippen molar-refractivity contribution in [3.63, 3.8) is 0 Å². The summed E-state index contributed by atoms with van der Waals surface area (Å²) in [7, 11) is 0. The highest BCUT2D eigenvalue weighted by Gasteiger charge is 2.39. The summed E-state index contributed by atoms with van der Waals surface area (Å²) in [5.41, 5.74) is 26.9. The molecule has 0 bridgehead atoms. The van der Waals surface area contributed by atoms with Crippen molar-refractivity contribution in [2.75, 3.05) is 4.90 Å². The molecule has 0 unspecified atom stereocenters. The van der Waals surface area contributed by atoms with Crippen LogP contribution in [-0.4, -0.2) is 11.4 Å². The second-order valence-electron chi connectivity index (χ2n) is 14.2. The highest BCUT2D eigenvalue weighted by molar-refractivity contribution is 5.97. The van der Waals surface area contributed by atoms with Gasteiger partial charge in [-0.1, -0.05) is 180 Å². The van der Waals surface area contributed by atoms with Crippen molar-refractivity contribution in [1.29, 1.82) is 0 Å². The Morgan fingerprint density at radius 3 is 1.18 bits per heavy atom. The largest absolute Gasteiger partial charge is 0.309 e. The molecule has 5 aliphatic heterocycles. The van der Waals surface area contributed by atoms with E-state index in [1.165, 1.54) is 84.1 Å². The topological polar surface area (TPSA) is 28.0 Å². The molecule has 1 aliphatic carbocycles. The molecular formula is C58H73N3. The van der Waals surface area contributed by atoms with Gasteiger partial charge in [0.15, 0.2) is 0 Å². The number of hydrogen-bond acceptors (Lipinski definition) is 3. The summed E-state index contributed by atoms with van der Waals surface area (Å²) in [5.74, 6) is 0. The second kappa shape index (κ2) is 23.5. The number of rotatable bonds is 0. The molecule has 3 nitrogen and oxygen atoms in total. The Kier molecular flexibility index (Phi) is 18.5. The van der Waals surface area contributed by atoms with E-state index >= 15 is 0 Å². The van der Waals surface area contributed by atoms with Crippen LogP contribution in [0.4, 0.5) is 28.4 Å². The van der Waals surface area contributed by atoms with Crippen LogP contribution in [0.1, 0.15) is 153 Å². The van der Waals surface area contributed by atoms with Crippen LogP contribution in [0.25, 0.3) is 11.1 Å². The third-order valence-corrected chi connectivity index (χ3v) is 11.0. The fraction of sp³-hybridized carbons (Fsp3) is 0.345. The predicted octanol–water partition coefficient (Wildman–Crippen LogP) is 17.3. The quantitative estimate of drug-likeness (QED) is 0.150. The Hall–Kier alpha value is -5.54. The van der Waals surface area contributed by atoms with E-state index in [-0.39, 0.29) is 0 Å². The highest BCUT2D eigenvalue weighted by Crippen LogP contribution is 2.58. The SMILES string of the molecule is CC.CC.CC.CC.CC.CC.CC1=Nc2ccccc2C1.CC1=Nc2ccccc2C1.c1ccc2c(c1)Cc1c-2cc2c3c1Cc1cccc4c1N3c1c(cccc1C2)C4. The van der Waals surface area contributed by atoms with Crippen LogP contribution in [-0.2, 0) is 38.5 Å². The van der Waals surface area contributed by atoms with Crippen molar-refractivity contribution in [1.82, 2.24) is 0 Å². The van der Waals surface area contributed by atoms with Gasteiger partial charge in [0.2, 0.25) is 0 Å². The average molecular weight is 812 g/mol. The van der Waals surface area contributed by atoms with Crippen LogP contribution in [0, 0.1) is 0 Å². The summed E-state index contributed by atoms with van der Waals surface area (Å²) in [6, 6.07) is 41.9. The van der Waals surface area contributed by atoms with Crippen molar-refractivity contribution >= 4 is 39.9 Å². The summed E-state index contributed by atoms with van der Waals surface area (Å²) in [6.45, 7) is 28.1. The molecule has 0 spiro atoms. The molecule has 5 heterocycles. The van der Waals surface area contributed by atoms with E-state index in [0.29, 0.717) is 0 Å². The van der Waals surface area contributed by atoms with Crippen molar-refractivity contribution in [2.24, 2.45) is 9.98 Å². The van der Waals surface area contributed by atoms with E-state index < -0.39 is 0 Å². The van der Waals surface area contributed by atoms with Crippen LogP contribution in [0.2, 0.25) is 0 Å². The number of nitrogens with zero attached hydrogens (tertiary/aromatic N) is 3. The maximum absolute atomic E-state index is 4.37. The van der Waals surface area contributed by atoms with Gasteiger partial charge in [-0.3, -0.25) is 9.98 Å². The van der Waals surface area contributed by atoms with Crippen LogP contribution >= 0.6 is 0 Å². The first-order valence-electron chi connectivity index (χ1n) is 23.6. The predicted molar refractivity (Wildman–Crippen MR) is 272 cm³/mol. The van der Waals surface area contributed by atoms with Crippen molar-refractivity contribution in [3.05, 3.63) is 171 Å². The van der Waals surface area contributed by atoms with Gasteiger partial charge in [0.25, 0.3) is 0 Å². The number of anilines is 3. The Bertz CT molecular complexity index is 2350. The lowest BCUT2D eigenvalue weighted by Gasteiger charge is -2.44. The van der Waals surface area contributed by atoms with Crippen molar-refractivity contribution < 1.29 is 0 Å². The summed E-state index contributed by atoms with van der Waals surface area (Å²) >= 11 is 0. The molecule has 0 atom stereocenters. The van der Waals surface area contributed by atoms with Crippen LogP contribution in [0.5, 0.6) is 0 Å². The minimum absolute atomic E-state index is 1.04. The monoisotopic (exact) mass is 812 g/mol. The maximum atomic E-state index is 4.37. The second-order valence-corrected chi connectivity index (χ2v) is 14.2. The fourth-order valence-electron chi connectivity index (χ4n) is 8.95. The molecule has 6 aliphatic rings. The zero-order valence-electron chi connectivity index (χ0n) is 40.1. The standard InChI is InChI=1S/C28H19N.2C9H9N.6C2H6/c1-2-10-22-16(5-1)13-24-23(22)15-21-12-19-8-3-6-17-11-18-7-4-9-20-14-25(24)28(21)29(26(17)19)27(18)20;2*1-7-6-8-4-2-3-5-9(8)10-7;6*1-2/h1-10,15H,11-14H2;2*2-5H,6H2,1H3;6*1-2H3. The lowest BCUT2D eigenvalue weighted by Crippen LogP contribution is -2.30. The third-order valence-electron chi connectivity index (χ3n) is 11.0. The Morgan fingerprint density at radius 2 is 0.705 bits per heavy atom. The number of aliphatic imine (C=N–C) groups is 2. The van der Waals surface area contributed by atoms with Crippen molar-refractivity contribution in [2.45, 2.75) is 135 Å². The molecule has 0 radical (unpaired) electrons. The number of hydrogen-bond donors (Lipinski definition) is 0. The minimum Gasteiger partial charge on any atom is -0.309 e. The fourth-order valence-corrected chi connectivity index (χ4v) is 8.95. The first kappa shape index (κ1) is 48.1. The molecule has 0 fully saturated rings. The van der Waals surface area contributed by atoms with Gasteiger partial charge in [0.1, 0.15) is 0 Å². The molecular weight excluding hydrogens is 739 g/mol. The van der Waals surface area contributed by atoms with Gasteiger partial charge in [0, 0.05) is 43.5 Å². The van der Waals surface area contributed by atoms with Crippen LogP contribution < -0.4 is 4.90 Å². The van der Waals surface area contributed by atoms with E-state index in [4.69, 9.17) is 0 Å². The summed E-state index contributed by atoms with van der Waals surface area (Å²) in [5, 5.41) is 0. The van der Waals surface area contributed by atoms with Crippen molar-refractivity contribution in [3.8, 4) is 11.1 Å². The maximum Gasteiger partial charge on any atom is 0.0664 e. The Labute approximate surface area is 370 Å². The number of fused-ring (bicyclic) bond motifs is 6. The summed E-state index contributed by atoms with van der Waals surface area (Å²) in [4.78, 5) is 11.4. The lowest BCUT2D eigenvalue weighted by atomic mass is 9.78. The Morgan fingerprint density at radius 1 is 0.328 bits per heavy atom. The van der Waals surface area contributed by atoms with E-state index in [1.807, 2.05) is 95.2 Å². The molecule has 0 aromatic heterocycles. The van der Waals surface area contributed by atoms with Gasteiger partial charge >= 0.3 is 0 Å². The van der Waals surface area contributed by atoms with Crippen LogP contribution in [0.3, 0.4) is 0 Å². The van der Waals surface area contributed by atoms with E-state index in [2.05, 4.69) is 132 Å². The van der Waals surface area contributed by atoms with Gasteiger partial charge in [-0.25, -0.2) is 0 Å². The number of para-hydroxylation sites is 4. The molecule has 0 amide bonds. The zero-order chi connectivity index (χ0) is 44.6. The van der Waals surface area contributed by atoms with E-state index in [0.717, 1.165) is 49.9 Å². The normalized spacial score (nSPS) is 12.9. The minimum atomic E-state index is 1.04. The highest BCUT2D eigenvalue weighted by atomic mass is 15.2. The molecule has 0 saturated heterocycles. The average Bonchev–Trinajstić information content (AvgIpc) is 4.04. The first-order valence-corrected chi connectivity index (χ1v) is 23.6. The van der Waals surface area contributed by atoms with Gasteiger partial charge in [-0.15, -0.1) is 0 Å². The third kappa shape index (κ3) is 9.83. The van der Waals surface area contributed by atoms with Gasteiger partial charge < -0.3 is 4.90 Å². The molecule has 6 aromatic carbocycles. The number of benzene rings is 6. The molecule has 0 N–H and O–H groups in total. The molecule has 320 valence electrons. The first-order chi connectivity index (χ1) is 30.1. The van der Waals surface area contributed by atoms with Gasteiger partial charge in [-0.2, -0.15) is 0 Å². The van der Waals surface area contributed by atoms with Gasteiger partial charge in [0.05, 0.1) is 28.4 Å². The zero-order valence-corrected chi connectivity index (χ0v) is 40.1. The molecule has 61 heavy (non-hydrogen) atoms. The lowest BCUT2D eigenvalue weighted by molar-refractivity contribution is 0.947. The summed E-state index contributed by atoms with van der Waals surface area (Å²) < 4.78 is 0. The molecule has 6 aromatic rings. The smallest absolute Gasteiger partial charge is 0.0664 e. The van der Waals surface area contributed by atoms with E-state index in [1.54, 1.807) is 11.1 Å². The molecule has 0 saturated carbocycles.